The van der Waals surface area contributed by atoms with Crippen LogP contribution < -0.4 is 5.32 Å². The average molecular weight is 260 g/mol. The van der Waals surface area contributed by atoms with Crippen molar-refractivity contribution in [1.82, 2.24) is 10.2 Å². The first-order valence-corrected chi connectivity index (χ1v) is 6.70. The second-order valence-corrected chi connectivity index (χ2v) is 5.10. The summed E-state index contributed by atoms with van der Waals surface area (Å²) < 4.78 is 0. The zero-order valence-electron chi connectivity index (χ0n) is 11.5. The Morgan fingerprint density at radius 3 is 2.89 bits per heavy atom. The van der Waals surface area contributed by atoms with Crippen LogP contribution in [0.15, 0.2) is 24.3 Å². The van der Waals surface area contributed by atoms with Gasteiger partial charge < -0.3 is 10.2 Å². The van der Waals surface area contributed by atoms with E-state index in [0.717, 1.165) is 6.42 Å². The number of carbonyl (C=O) groups excluding carboxylic acids is 2. The van der Waals surface area contributed by atoms with Gasteiger partial charge in [-0.2, -0.15) is 0 Å². The average Bonchev–Trinajstić information content (AvgIpc) is 2.48. The zero-order chi connectivity index (χ0) is 13.8. The number of rotatable bonds is 3. The van der Waals surface area contributed by atoms with Gasteiger partial charge in [-0.1, -0.05) is 29.8 Å². The Hall–Kier alpha value is -1.84. The standard InChI is InChI=1S/C15H20N2O2/c1-11-4-3-5-13(10-11)6-8-17-9-7-14(18)16-12(2)15(17)19/h3-5,10,12H,6-9H2,1-2H3,(H,16,18). The molecule has 0 saturated carbocycles. The molecular formula is C15H20N2O2. The maximum atomic E-state index is 12.1. The molecular weight excluding hydrogens is 240 g/mol. The molecule has 0 bridgehead atoms. The van der Waals surface area contributed by atoms with E-state index in [-0.39, 0.29) is 11.8 Å². The summed E-state index contributed by atoms with van der Waals surface area (Å²) in [5, 5.41) is 2.70. The molecule has 1 unspecified atom stereocenters. The van der Waals surface area contributed by atoms with Gasteiger partial charge in [0.15, 0.2) is 0 Å². The molecule has 102 valence electrons. The molecule has 0 spiro atoms. The van der Waals surface area contributed by atoms with Gasteiger partial charge in [0, 0.05) is 19.5 Å². The lowest BCUT2D eigenvalue weighted by atomic mass is 10.1. The molecule has 0 aliphatic carbocycles. The monoisotopic (exact) mass is 260 g/mol. The smallest absolute Gasteiger partial charge is 0.244 e. The molecule has 2 rings (SSSR count). The van der Waals surface area contributed by atoms with Crippen LogP contribution in [0.25, 0.3) is 0 Å². The number of carbonyl (C=O) groups is 2. The molecule has 0 radical (unpaired) electrons. The van der Waals surface area contributed by atoms with E-state index in [4.69, 9.17) is 0 Å². The molecule has 1 aromatic carbocycles. The molecule has 1 fully saturated rings. The summed E-state index contributed by atoms with van der Waals surface area (Å²) in [6.45, 7) is 4.98. The van der Waals surface area contributed by atoms with E-state index in [2.05, 4.69) is 30.4 Å². The molecule has 2 amide bonds. The highest BCUT2D eigenvalue weighted by molar-refractivity contribution is 5.89. The van der Waals surface area contributed by atoms with Crippen molar-refractivity contribution >= 4 is 11.8 Å². The molecule has 19 heavy (non-hydrogen) atoms. The first-order chi connectivity index (χ1) is 9.06. The molecule has 1 aromatic rings. The third-order valence-electron chi connectivity index (χ3n) is 3.42. The maximum absolute atomic E-state index is 12.1. The van der Waals surface area contributed by atoms with Crippen molar-refractivity contribution in [2.24, 2.45) is 0 Å². The van der Waals surface area contributed by atoms with Gasteiger partial charge in [-0.15, -0.1) is 0 Å². The van der Waals surface area contributed by atoms with Crippen LogP contribution in [0.3, 0.4) is 0 Å². The lowest BCUT2D eigenvalue weighted by Gasteiger charge is -2.22. The molecule has 4 heteroatoms. The van der Waals surface area contributed by atoms with E-state index in [1.165, 1.54) is 11.1 Å². The highest BCUT2D eigenvalue weighted by Gasteiger charge is 2.25. The summed E-state index contributed by atoms with van der Waals surface area (Å²) in [5.74, 6) is -0.0302. The predicted octanol–water partition coefficient (Wildman–Crippen LogP) is 1.27. The lowest BCUT2D eigenvalue weighted by Crippen LogP contribution is -2.43. The minimum atomic E-state index is -0.410. The minimum Gasteiger partial charge on any atom is -0.345 e. The minimum absolute atomic E-state index is 0.0125. The van der Waals surface area contributed by atoms with Gasteiger partial charge in [0.2, 0.25) is 11.8 Å². The third-order valence-corrected chi connectivity index (χ3v) is 3.42. The molecule has 1 aliphatic rings. The van der Waals surface area contributed by atoms with Crippen molar-refractivity contribution in [2.45, 2.75) is 32.7 Å². The van der Waals surface area contributed by atoms with Crippen molar-refractivity contribution < 1.29 is 9.59 Å². The van der Waals surface area contributed by atoms with Crippen molar-refractivity contribution in [2.75, 3.05) is 13.1 Å². The van der Waals surface area contributed by atoms with E-state index in [1.54, 1.807) is 11.8 Å². The van der Waals surface area contributed by atoms with Crippen molar-refractivity contribution in [3.63, 3.8) is 0 Å². The summed E-state index contributed by atoms with van der Waals surface area (Å²) in [4.78, 5) is 25.3. The number of nitrogens with zero attached hydrogens (tertiary/aromatic N) is 1. The largest absolute Gasteiger partial charge is 0.345 e. The quantitative estimate of drug-likeness (QED) is 0.890. The first kappa shape index (κ1) is 13.6. The van der Waals surface area contributed by atoms with Crippen LogP contribution in [-0.4, -0.2) is 35.8 Å². The van der Waals surface area contributed by atoms with Crippen LogP contribution in [0.1, 0.15) is 24.5 Å². The Morgan fingerprint density at radius 1 is 1.37 bits per heavy atom. The van der Waals surface area contributed by atoms with Crippen LogP contribution >= 0.6 is 0 Å². The Balaban J connectivity index is 1.98. The van der Waals surface area contributed by atoms with Crippen LogP contribution in [0.4, 0.5) is 0 Å². The van der Waals surface area contributed by atoms with Gasteiger partial charge >= 0.3 is 0 Å². The van der Waals surface area contributed by atoms with E-state index in [1.807, 2.05) is 6.07 Å². The second kappa shape index (κ2) is 5.87. The fourth-order valence-electron chi connectivity index (χ4n) is 2.35. The van der Waals surface area contributed by atoms with Crippen molar-refractivity contribution in [3.05, 3.63) is 35.4 Å². The van der Waals surface area contributed by atoms with E-state index < -0.39 is 6.04 Å². The molecule has 1 saturated heterocycles. The van der Waals surface area contributed by atoms with E-state index >= 15 is 0 Å². The van der Waals surface area contributed by atoms with Crippen LogP contribution in [0, 0.1) is 6.92 Å². The molecule has 1 aliphatic heterocycles. The molecule has 1 heterocycles. The van der Waals surface area contributed by atoms with Crippen molar-refractivity contribution in [1.29, 1.82) is 0 Å². The van der Waals surface area contributed by atoms with Gasteiger partial charge in [0.1, 0.15) is 6.04 Å². The Labute approximate surface area is 113 Å². The summed E-state index contributed by atoms with van der Waals surface area (Å²) in [5.41, 5.74) is 2.45. The number of benzene rings is 1. The number of hydrogen-bond acceptors (Lipinski definition) is 2. The second-order valence-electron chi connectivity index (χ2n) is 5.10. The predicted molar refractivity (Wildman–Crippen MR) is 73.7 cm³/mol. The molecule has 1 atom stereocenters. The molecule has 1 N–H and O–H groups in total. The van der Waals surface area contributed by atoms with Crippen LogP contribution in [0.5, 0.6) is 0 Å². The summed E-state index contributed by atoms with van der Waals surface area (Å²) >= 11 is 0. The van der Waals surface area contributed by atoms with Crippen molar-refractivity contribution in [3.8, 4) is 0 Å². The van der Waals surface area contributed by atoms with Crippen LogP contribution in [0.2, 0.25) is 0 Å². The van der Waals surface area contributed by atoms with Gasteiger partial charge in [0.25, 0.3) is 0 Å². The number of amides is 2. The Kier molecular flexibility index (Phi) is 4.20. The SMILES string of the molecule is Cc1cccc(CCN2CCC(=O)NC(C)C2=O)c1. The fourth-order valence-corrected chi connectivity index (χ4v) is 2.35. The third kappa shape index (κ3) is 3.56. The summed E-state index contributed by atoms with van der Waals surface area (Å²) in [6, 6.07) is 7.89. The highest BCUT2D eigenvalue weighted by Crippen LogP contribution is 2.08. The van der Waals surface area contributed by atoms with Gasteiger partial charge in [-0.05, 0) is 25.8 Å². The highest BCUT2D eigenvalue weighted by atomic mass is 16.2. The maximum Gasteiger partial charge on any atom is 0.244 e. The molecule has 0 aromatic heterocycles. The molecule has 4 nitrogen and oxygen atoms in total. The number of nitrogens with one attached hydrogen (secondary N) is 1. The first-order valence-electron chi connectivity index (χ1n) is 6.70. The topological polar surface area (TPSA) is 49.4 Å². The van der Waals surface area contributed by atoms with E-state index in [0.29, 0.717) is 19.5 Å². The van der Waals surface area contributed by atoms with E-state index in [9.17, 15) is 9.59 Å². The number of aryl methyl sites for hydroxylation is 1. The van der Waals surface area contributed by atoms with Crippen LogP contribution in [-0.2, 0) is 16.0 Å². The van der Waals surface area contributed by atoms with Gasteiger partial charge in [0.05, 0.1) is 0 Å². The Morgan fingerprint density at radius 2 is 2.16 bits per heavy atom. The zero-order valence-corrected chi connectivity index (χ0v) is 11.5. The normalized spacial score (nSPS) is 20.1. The van der Waals surface area contributed by atoms with Gasteiger partial charge in [-0.25, -0.2) is 0 Å². The number of hydrogen-bond donors (Lipinski definition) is 1. The summed E-state index contributed by atoms with van der Waals surface area (Å²) in [7, 11) is 0. The summed E-state index contributed by atoms with van der Waals surface area (Å²) in [6.07, 6.45) is 1.22. The lowest BCUT2D eigenvalue weighted by molar-refractivity contribution is -0.133. The Bertz CT molecular complexity index is 485. The fraction of sp³-hybridized carbons (Fsp3) is 0.467. The van der Waals surface area contributed by atoms with Gasteiger partial charge in [-0.3, -0.25) is 9.59 Å².